The molecule has 24 heavy (non-hydrogen) atoms. The molecule has 0 spiro atoms. The summed E-state index contributed by atoms with van der Waals surface area (Å²) in [5.41, 5.74) is 3.70. The number of aromatic nitrogens is 1. The zero-order valence-corrected chi connectivity index (χ0v) is 15.8. The van der Waals surface area contributed by atoms with Crippen molar-refractivity contribution in [2.45, 2.75) is 46.3 Å². The quantitative estimate of drug-likeness (QED) is 0.756. The van der Waals surface area contributed by atoms with Gasteiger partial charge >= 0.3 is 0 Å². The van der Waals surface area contributed by atoms with Crippen LogP contribution >= 0.6 is 11.3 Å². The predicted molar refractivity (Wildman–Crippen MR) is 101 cm³/mol. The van der Waals surface area contributed by atoms with Crippen molar-refractivity contribution in [3.05, 3.63) is 40.9 Å². The van der Waals surface area contributed by atoms with E-state index in [4.69, 9.17) is 9.72 Å². The third-order valence-electron chi connectivity index (χ3n) is 4.44. The van der Waals surface area contributed by atoms with Crippen molar-refractivity contribution in [3.63, 3.8) is 0 Å². The third kappa shape index (κ3) is 4.88. The van der Waals surface area contributed by atoms with Gasteiger partial charge in [0, 0.05) is 37.2 Å². The molecule has 0 aliphatic carbocycles. The Bertz CT molecular complexity index is 627. The summed E-state index contributed by atoms with van der Waals surface area (Å²) in [6, 6.07) is 8.63. The molecule has 1 aliphatic heterocycles. The van der Waals surface area contributed by atoms with Crippen LogP contribution in [0.15, 0.2) is 29.6 Å². The van der Waals surface area contributed by atoms with E-state index in [-0.39, 0.29) is 0 Å². The van der Waals surface area contributed by atoms with E-state index in [9.17, 15) is 0 Å². The maximum atomic E-state index is 5.97. The van der Waals surface area contributed by atoms with E-state index in [2.05, 4.69) is 55.3 Å². The topological polar surface area (TPSA) is 25.4 Å². The highest BCUT2D eigenvalue weighted by atomic mass is 32.1. The minimum atomic E-state index is 0.446. The second-order valence-electron chi connectivity index (χ2n) is 7.21. The molecule has 0 amide bonds. The van der Waals surface area contributed by atoms with Gasteiger partial charge in [-0.25, -0.2) is 4.98 Å². The standard InChI is InChI=1S/C20H28N2OS/c1-15(2)13-23-19-8-10-22(11-9-19)12-18-14-24-20(21-18)17-6-4-16(3)5-7-17/h4-7,14-15,19H,8-13H2,1-3H3. The van der Waals surface area contributed by atoms with E-state index in [1.165, 1.54) is 16.8 Å². The van der Waals surface area contributed by atoms with Crippen molar-refractivity contribution in [1.29, 1.82) is 0 Å². The monoisotopic (exact) mass is 344 g/mol. The maximum absolute atomic E-state index is 5.97. The third-order valence-corrected chi connectivity index (χ3v) is 5.38. The fourth-order valence-corrected chi connectivity index (χ4v) is 3.82. The van der Waals surface area contributed by atoms with E-state index in [1.807, 2.05) is 0 Å². The Morgan fingerprint density at radius 1 is 1.21 bits per heavy atom. The molecule has 1 saturated heterocycles. The van der Waals surface area contributed by atoms with Crippen LogP contribution in [0, 0.1) is 12.8 Å². The fraction of sp³-hybridized carbons (Fsp3) is 0.550. The number of piperidine rings is 1. The Morgan fingerprint density at radius 2 is 1.92 bits per heavy atom. The molecule has 0 saturated carbocycles. The molecule has 0 unspecified atom stereocenters. The van der Waals surface area contributed by atoms with Gasteiger partial charge in [0.05, 0.1) is 11.8 Å². The summed E-state index contributed by atoms with van der Waals surface area (Å²) in [5.74, 6) is 0.623. The Balaban J connectivity index is 1.50. The van der Waals surface area contributed by atoms with E-state index >= 15 is 0 Å². The van der Waals surface area contributed by atoms with Gasteiger partial charge in [-0.15, -0.1) is 11.3 Å². The lowest BCUT2D eigenvalue weighted by atomic mass is 10.1. The van der Waals surface area contributed by atoms with Crippen LogP contribution in [0.5, 0.6) is 0 Å². The van der Waals surface area contributed by atoms with Crippen molar-refractivity contribution in [2.24, 2.45) is 5.92 Å². The molecule has 1 aliphatic rings. The first-order valence-electron chi connectivity index (χ1n) is 8.95. The summed E-state index contributed by atoms with van der Waals surface area (Å²) < 4.78 is 5.97. The Morgan fingerprint density at radius 3 is 2.58 bits per heavy atom. The number of rotatable bonds is 6. The first-order valence-corrected chi connectivity index (χ1v) is 9.83. The molecule has 3 nitrogen and oxygen atoms in total. The van der Waals surface area contributed by atoms with Crippen molar-refractivity contribution >= 4 is 11.3 Å². The average molecular weight is 345 g/mol. The number of ether oxygens (including phenoxy) is 1. The van der Waals surface area contributed by atoms with Crippen LogP contribution in [-0.4, -0.2) is 35.7 Å². The highest BCUT2D eigenvalue weighted by Crippen LogP contribution is 2.25. The lowest BCUT2D eigenvalue weighted by Crippen LogP contribution is -2.37. The smallest absolute Gasteiger partial charge is 0.123 e. The number of aryl methyl sites for hydroxylation is 1. The Labute approximate surface area is 149 Å². The van der Waals surface area contributed by atoms with E-state index in [0.29, 0.717) is 12.0 Å². The van der Waals surface area contributed by atoms with Gasteiger partial charge in [0.2, 0.25) is 0 Å². The first-order chi connectivity index (χ1) is 11.6. The maximum Gasteiger partial charge on any atom is 0.123 e. The lowest BCUT2D eigenvalue weighted by molar-refractivity contribution is -0.00600. The highest BCUT2D eigenvalue weighted by Gasteiger charge is 2.20. The van der Waals surface area contributed by atoms with Crippen molar-refractivity contribution in [3.8, 4) is 10.6 Å². The average Bonchev–Trinajstić information content (AvgIpc) is 3.03. The molecule has 2 aromatic rings. The lowest BCUT2D eigenvalue weighted by Gasteiger charge is -2.31. The first kappa shape index (κ1) is 17.6. The summed E-state index contributed by atoms with van der Waals surface area (Å²) >= 11 is 1.75. The molecule has 130 valence electrons. The molecule has 0 atom stereocenters. The number of hydrogen-bond donors (Lipinski definition) is 0. The molecule has 0 bridgehead atoms. The highest BCUT2D eigenvalue weighted by molar-refractivity contribution is 7.13. The van der Waals surface area contributed by atoms with Crippen LogP contribution in [0.1, 0.15) is 37.9 Å². The van der Waals surface area contributed by atoms with Crippen molar-refractivity contribution < 1.29 is 4.74 Å². The normalized spacial score (nSPS) is 16.8. The van der Waals surface area contributed by atoms with Crippen molar-refractivity contribution in [1.82, 2.24) is 9.88 Å². The van der Waals surface area contributed by atoms with Gasteiger partial charge in [-0.1, -0.05) is 43.7 Å². The van der Waals surface area contributed by atoms with Gasteiger partial charge in [0.1, 0.15) is 5.01 Å². The summed E-state index contributed by atoms with van der Waals surface area (Å²) in [6.45, 7) is 10.6. The SMILES string of the molecule is Cc1ccc(-c2nc(CN3CCC(OCC(C)C)CC3)cs2)cc1. The van der Waals surface area contributed by atoms with Crippen LogP contribution in [0.2, 0.25) is 0 Å². The van der Waals surface area contributed by atoms with Crippen LogP contribution < -0.4 is 0 Å². The van der Waals surface area contributed by atoms with Crippen LogP contribution in [0.3, 0.4) is 0 Å². The van der Waals surface area contributed by atoms with Crippen LogP contribution in [-0.2, 0) is 11.3 Å². The summed E-state index contributed by atoms with van der Waals surface area (Å²) in [7, 11) is 0. The second-order valence-corrected chi connectivity index (χ2v) is 8.07. The molecule has 2 heterocycles. The molecule has 4 heteroatoms. The molecular weight excluding hydrogens is 316 g/mol. The zero-order valence-electron chi connectivity index (χ0n) is 15.0. The van der Waals surface area contributed by atoms with Gasteiger partial charge in [-0.3, -0.25) is 4.90 Å². The number of hydrogen-bond acceptors (Lipinski definition) is 4. The van der Waals surface area contributed by atoms with Gasteiger partial charge < -0.3 is 4.74 Å². The summed E-state index contributed by atoms with van der Waals surface area (Å²) in [6.07, 6.45) is 2.73. The minimum Gasteiger partial charge on any atom is -0.378 e. The largest absolute Gasteiger partial charge is 0.378 e. The number of benzene rings is 1. The predicted octanol–water partition coefficient (Wildman–Crippen LogP) is 4.76. The van der Waals surface area contributed by atoms with E-state index in [0.717, 1.165) is 44.1 Å². The summed E-state index contributed by atoms with van der Waals surface area (Å²) in [5, 5.41) is 3.33. The molecule has 0 radical (unpaired) electrons. The van der Waals surface area contributed by atoms with Crippen LogP contribution in [0.25, 0.3) is 10.6 Å². The number of thiazole rings is 1. The molecule has 1 aromatic heterocycles. The zero-order chi connectivity index (χ0) is 16.9. The number of nitrogens with zero attached hydrogens (tertiary/aromatic N) is 2. The Kier molecular flexibility index (Phi) is 6.04. The van der Waals surface area contributed by atoms with Gasteiger partial charge in [-0.05, 0) is 25.7 Å². The molecule has 1 aromatic carbocycles. The van der Waals surface area contributed by atoms with Crippen LogP contribution in [0.4, 0.5) is 0 Å². The minimum absolute atomic E-state index is 0.446. The Hall–Kier alpha value is -1.23. The molecule has 0 N–H and O–H groups in total. The van der Waals surface area contributed by atoms with Crippen molar-refractivity contribution in [2.75, 3.05) is 19.7 Å². The summed E-state index contributed by atoms with van der Waals surface area (Å²) in [4.78, 5) is 7.33. The molecular formula is C20H28N2OS. The van der Waals surface area contributed by atoms with E-state index in [1.54, 1.807) is 11.3 Å². The number of likely N-dealkylation sites (tertiary alicyclic amines) is 1. The van der Waals surface area contributed by atoms with E-state index < -0.39 is 0 Å². The fourth-order valence-electron chi connectivity index (χ4n) is 3.00. The van der Waals surface area contributed by atoms with Gasteiger partial charge in [0.15, 0.2) is 0 Å². The second kappa shape index (κ2) is 8.24. The van der Waals surface area contributed by atoms with Gasteiger partial charge in [-0.2, -0.15) is 0 Å². The molecule has 1 fully saturated rings. The van der Waals surface area contributed by atoms with Gasteiger partial charge in [0.25, 0.3) is 0 Å². The molecule has 3 rings (SSSR count).